The molecule has 4 rings (SSSR count). The molecule has 2 fully saturated rings. The molecule has 2 amide bonds. The zero-order valence-electron chi connectivity index (χ0n) is 18.1. The Morgan fingerprint density at radius 2 is 1.88 bits per heavy atom. The van der Waals surface area contributed by atoms with E-state index in [0.717, 1.165) is 24.8 Å². The molecule has 2 aromatic rings. The minimum atomic E-state index is -1.18. The molecule has 0 radical (unpaired) electrons. The summed E-state index contributed by atoms with van der Waals surface area (Å²) in [5.41, 5.74) is 6.40. The van der Waals surface area contributed by atoms with Crippen LogP contribution in [0.1, 0.15) is 6.42 Å². The van der Waals surface area contributed by atoms with E-state index in [-0.39, 0.29) is 24.7 Å². The van der Waals surface area contributed by atoms with Gasteiger partial charge < -0.3 is 26.0 Å². The van der Waals surface area contributed by atoms with Gasteiger partial charge in [0.2, 0.25) is 11.8 Å². The average molecular weight is 476 g/mol. The fourth-order valence-corrected chi connectivity index (χ4v) is 4.44. The largest absolute Gasteiger partial charge is 0.505 e. The summed E-state index contributed by atoms with van der Waals surface area (Å²) < 4.78 is 13.5. The molecule has 33 heavy (non-hydrogen) atoms. The van der Waals surface area contributed by atoms with Crippen LogP contribution in [0.25, 0.3) is 0 Å². The molecule has 2 aliphatic heterocycles. The van der Waals surface area contributed by atoms with Gasteiger partial charge in [0.05, 0.1) is 6.54 Å². The summed E-state index contributed by atoms with van der Waals surface area (Å²) in [7, 11) is 0. The number of nitrogens with two attached hydrogens (primary N) is 1. The van der Waals surface area contributed by atoms with Crippen LogP contribution in [0.4, 0.5) is 15.8 Å². The molecule has 2 aliphatic rings. The third kappa shape index (κ3) is 5.38. The number of phenolic OH excluding ortho intramolecular Hbond substituents is 1. The van der Waals surface area contributed by atoms with Gasteiger partial charge in [-0.3, -0.25) is 14.5 Å². The number of hydrogen-bond donors (Lipinski definition) is 3. The summed E-state index contributed by atoms with van der Waals surface area (Å²) in [6.45, 7) is 3.60. The van der Waals surface area contributed by atoms with E-state index < -0.39 is 23.0 Å². The monoisotopic (exact) mass is 475 g/mol. The van der Waals surface area contributed by atoms with Crippen LogP contribution < -0.4 is 16.0 Å². The number of anilines is 2. The summed E-state index contributed by atoms with van der Waals surface area (Å²) in [4.78, 5) is 31.4. The highest BCUT2D eigenvalue weighted by Gasteiger charge is 2.42. The highest BCUT2D eigenvalue weighted by atomic mass is 35.5. The maximum atomic E-state index is 13.5. The van der Waals surface area contributed by atoms with E-state index >= 15 is 0 Å². The molecule has 176 valence electrons. The van der Waals surface area contributed by atoms with E-state index in [1.54, 1.807) is 0 Å². The van der Waals surface area contributed by atoms with Gasteiger partial charge in [0.1, 0.15) is 5.54 Å². The van der Waals surface area contributed by atoms with Gasteiger partial charge in [0, 0.05) is 61.7 Å². The highest BCUT2D eigenvalue weighted by Crippen LogP contribution is 2.24. The Morgan fingerprint density at radius 1 is 1.12 bits per heavy atom. The van der Waals surface area contributed by atoms with Gasteiger partial charge >= 0.3 is 0 Å². The second-order valence-corrected chi connectivity index (χ2v) is 9.02. The number of carbonyl (C=O) groups is 2. The molecule has 0 spiro atoms. The summed E-state index contributed by atoms with van der Waals surface area (Å²) >= 11 is 6.08. The van der Waals surface area contributed by atoms with Gasteiger partial charge in [-0.1, -0.05) is 17.7 Å². The van der Waals surface area contributed by atoms with E-state index in [4.69, 9.17) is 17.3 Å². The average Bonchev–Trinajstić information content (AvgIpc) is 3.18. The fraction of sp³-hybridized carbons (Fsp3) is 0.391. The van der Waals surface area contributed by atoms with Crippen LogP contribution in [0, 0.1) is 5.82 Å². The first-order chi connectivity index (χ1) is 15.7. The minimum absolute atomic E-state index is 0.00556. The van der Waals surface area contributed by atoms with Crippen molar-refractivity contribution >= 4 is 34.8 Å². The number of nitrogens with zero attached hydrogens (tertiary/aromatic N) is 3. The van der Waals surface area contributed by atoms with Crippen molar-refractivity contribution < 1.29 is 19.1 Å². The number of benzene rings is 2. The highest BCUT2D eigenvalue weighted by molar-refractivity contribution is 6.30. The Kier molecular flexibility index (Phi) is 6.73. The number of nitrogens with one attached hydrogen (secondary N) is 1. The van der Waals surface area contributed by atoms with Crippen LogP contribution in [-0.4, -0.2) is 78.1 Å². The maximum Gasteiger partial charge on any atom is 0.245 e. The Hall–Kier alpha value is -2.88. The number of likely N-dealkylation sites (tertiary alicyclic amines) is 1. The predicted octanol–water partition coefficient (Wildman–Crippen LogP) is 1.88. The second-order valence-electron chi connectivity index (χ2n) is 8.58. The van der Waals surface area contributed by atoms with Crippen LogP contribution in [0.15, 0.2) is 42.5 Å². The predicted molar refractivity (Wildman–Crippen MR) is 125 cm³/mol. The van der Waals surface area contributed by atoms with E-state index in [1.807, 2.05) is 34.1 Å². The van der Waals surface area contributed by atoms with Gasteiger partial charge in [-0.15, -0.1) is 0 Å². The van der Waals surface area contributed by atoms with Gasteiger partial charge in [-0.2, -0.15) is 0 Å². The maximum absolute atomic E-state index is 13.5. The number of rotatable bonds is 5. The summed E-state index contributed by atoms with van der Waals surface area (Å²) in [5, 5.41) is 12.6. The molecule has 0 bridgehead atoms. The molecule has 1 unspecified atom stereocenters. The number of carbonyl (C=O) groups excluding carboxylic acids is 2. The lowest BCUT2D eigenvalue weighted by molar-refractivity contribution is -0.132. The SMILES string of the molecule is NC1(C(=O)Nc2ccc(O)c(F)c2)CCN(CC(=O)N2CCN(c3cccc(Cl)c3)CC2)C1. The smallest absolute Gasteiger partial charge is 0.245 e. The van der Waals surface area contributed by atoms with E-state index in [2.05, 4.69) is 10.2 Å². The lowest BCUT2D eigenvalue weighted by Crippen LogP contribution is -2.54. The van der Waals surface area contributed by atoms with Gasteiger partial charge in [0.25, 0.3) is 0 Å². The molecular formula is C23H27ClFN5O3. The third-order valence-electron chi connectivity index (χ3n) is 6.20. The van der Waals surface area contributed by atoms with E-state index in [1.165, 1.54) is 12.1 Å². The first-order valence-corrected chi connectivity index (χ1v) is 11.2. The standard InChI is InChI=1S/C23H27ClFN5O3/c24-16-2-1-3-18(12-16)29-8-10-30(11-9-29)21(32)14-28-7-6-23(26,15-28)22(33)27-17-4-5-20(31)19(25)13-17/h1-5,12-13,31H,6-11,14-15,26H2,(H,27,33). The van der Waals surface area contributed by atoms with Crippen molar-refractivity contribution in [3.05, 3.63) is 53.3 Å². The third-order valence-corrected chi connectivity index (χ3v) is 6.44. The molecule has 10 heteroatoms. The first-order valence-electron chi connectivity index (χ1n) is 10.8. The number of piperazine rings is 1. The molecule has 2 aromatic carbocycles. The number of phenols is 1. The number of hydrogen-bond acceptors (Lipinski definition) is 6. The van der Waals surface area contributed by atoms with Gasteiger partial charge in [-0.25, -0.2) is 4.39 Å². The van der Waals surface area contributed by atoms with Crippen LogP contribution in [0.3, 0.4) is 0 Å². The van der Waals surface area contributed by atoms with Crippen molar-refractivity contribution in [2.75, 3.05) is 56.0 Å². The normalized spacial score (nSPS) is 21.3. The Morgan fingerprint density at radius 3 is 2.58 bits per heavy atom. The summed E-state index contributed by atoms with van der Waals surface area (Å²) in [5.74, 6) is -1.76. The van der Waals surface area contributed by atoms with Crippen molar-refractivity contribution in [1.82, 2.24) is 9.80 Å². The van der Waals surface area contributed by atoms with E-state index in [9.17, 15) is 19.1 Å². The molecule has 4 N–H and O–H groups in total. The van der Waals surface area contributed by atoms with Crippen LogP contribution >= 0.6 is 11.6 Å². The first kappa shape index (κ1) is 23.3. The Labute approximate surface area is 196 Å². The summed E-state index contributed by atoms with van der Waals surface area (Å²) in [6.07, 6.45) is 0.384. The lowest BCUT2D eigenvalue weighted by atomic mass is 9.99. The van der Waals surface area contributed by atoms with Crippen molar-refractivity contribution in [1.29, 1.82) is 0 Å². The number of aromatic hydroxyl groups is 1. The molecule has 0 aromatic heterocycles. The molecule has 2 saturated heterocycles. The Bertz CT molecular complexity index is 1050. The molecule has 0 saturated carbocycles. The minimum Gasteiger partial charge on any atom is -0.505 e. The topological polar surface area (TPSA) is 102 Å². The van der Waals surface area contributed by atoms with Crippen LogP contribution in [0.2, 0.25) is 5.02 Å². The summed E-state index contributed by atoms with van der Waals surface area (Å²) in [6, 6.07) is 11.3. The van der Waals surface area contributed by atoms with Crippen molar-refractivity contribution in [2.45, 2.75) is 12.0 Å². The van der Waals surface area contributed by atoms with Gasteiger partial charge in [-0.05, 0) is 36.8 Å². The zero-order valence-corrected chi connectivity index (χ0v) is 18.9. The number of amides is 2. The van der Waals surface area contributed by atoms with Crippen molar-refractivity contribution in [3.8, 4) is 5.75 Å². The molecule has 8 nitrogen and oxygen atoms in total. The van der Waals surface area contributed by atoms with Crippen LogP contribution in [-0.2, 0) is 9.59 Å². The second kappa shape index (κ2) is 9.54. The lowest BCUT2D eigenvalue weighted by Gasteiger charge is -2.37. The Balaban J connectivity index is 1.27. The zero-order chi connectivity index (χ0) is 23.6. The molecule has 0 aliphatic carbocycles. The quantitative estimate of drug-likeness (QED) is 0.571. The fourth-order valence-electron chi connectivity index (χ4n) is 4.25. The van der Waals surface area contributed by atoms with Crippen molar-refractivity contribution in [2.24, 2.45) is 5.73 Å². The molecule has 2 heterocycles. The van der Waals surface area contributed by atoms with Gasteiger partial charge in [0.15, 0.2) is 11.6 Å². The molecule has 1 atom stereocenters. The van der Waals surface area contributed by atoms with Crippen LogP contribution in [0.5, 0.6) is 5.75 Å². The van der Waals surface area contributed by atoms with E-state index in [0.29, 0.717) is 31.1 Å². The van der Waals surface area contributed by atoms with Crippen molar-refractivity contribution in [3.63, 3.8) is 0 Å². The number of halogens is 2. The molecular weight excluding hydrogens is 449 g/mol.